The molecule has 4 nitrogen and oxygen atoms in total. The molecule has 132 valence electrons. The number of hydrogen-bond acceptors (Lipinski definition) is 2. The van der Waals surface area contributed by atoms with E-state index < -0.39 is 0 Å². The number of aryl methyl sites for hydroxylation is 1. The van der Waals surface area contributed by atoms with Crippen LogP contribution in [0.4, 0.5) is 0 Å². The van der Waals surface area contributed by atoms with E-state index in [-0.39, 0.29) is 16.9 Å². The Morgan fingerprint density at radius 2 is 1.96 bits per heavy atom. The second-order valence-corrected chi connectivity index (χ2v) is 7.19. The van der Waals surface area contributed by atoms with Crippen molar-refractivity contribution in [2.45, 2.75) is 44.1 Å². The number of carbonyl (C=O) groups is 1. The van der Waals surface area contributed by atoms with Crippen LogP contribution in [0.5, 0.6) is 0 Å². The molecule has 1 aromatic heterocycles. The van der Waals surface area contributed by atoms with Gasteiger partial charge in [0.1, 0.15) is 0 Å². The van der Waals surface area contributed by atoms with Crippen LogP contribution in [0.2, 0.25) is 5.02 Å². The van der Waals surface area contributed by atoms with Gasteiger partial charge in [-0.3, -0.25) is 9.59 Å². The van der Waals surface area contributed by atoms with Crippen molar-refractivity contribution < 1.29 is 4.79 Å². The second-order valence-electron chi connectivity index (χ2n) is 6.76. The molecule has 1 amide bonds. The van der Waals surface area contributed by atoms with E-state index in [9.17, 15) is 9.59 Å². The van der Waals surface area contributed by atoms with Crippen molar-refractivity contribution in [3.05, 3.63) is 69.6 Å². The first-order valence-corrected chi connectivity index (χ1v) is 9.15. The van der Waals surface area contributed by atoms with E-state index in [2.05, 4.69) is 11.4 Å². The molecular weight excluding hydrogens is 336 g/mol. The van der Waals surface area contributed by atoms with Gasteiger partial charge in [0.15, 0.2) is 0 Å². The first-order chi connectivity index (χ1) is 12.1. The predicted octanol–water partition coefficient (Wildman–Crippen LogP) is 3.52. The molecule has 3 rings (SSSR count). The van der Waals surface area contributed by atoms with Crippen LogP contribution in [-0.4, -0.2) is 17.0 Å². The summed E-state index contributed by atoms with van der Waals surface area (Å²) in [4.78, 5) is 24.0. The third kappa shape index (κ3) is 4.31. The normalized spacial score (nSPS) is 15.9. The zero-order valence-corrected chi connectivity index (χ0v) is 15.0. The summed E-state index contributed by atoms with van der Waals surface area (Å²) in [7, 11) is 0. The Bertz CT molecular complexity index is 794. The smallest absolute Gasteiger partial charge is 0.250 e. The molecule has 1 fully saturated rings. The quantitative estimate of drug-likeness (QED) is 0.858. The minimum Gasteiger partial charge on any atom is -0.355 e. The van der Waals surface area contributed by atoms with E-state index in [0.717, 1.165) is 17.9 Å². The van der Waals surface area contributed by atoms with Crippen LogP contribution in [0, 0.1) is 0 Å². The third-order valence-corrected chi connectivity index (χ3v) is 5.34. The fourth-order valence-corrected chi connectivity index (χ4v) is 3.85. The maximum absolute atomic E-state index is 12.3. The van der Waals surface area contributed by atoms with E-state index in [1.807, 2.05) is 18.2 Å². The average Bonchev–Trinajstić information content (AvgIpc) is 3.09. The summed E-state index contributed by atoms with van der Waals surface area (Å²) in [6.07, 6.45) is 6.47. The van der Waals surface area contributed by atoms with E-state index in [1.54, 1.807) is 22.9 Å². The van der Waals surface area contributed by atoms with Crippen molar-refractivity contribution in [2.75, 3.05) is 6.54 Å². The van der Waals surface area contributed by atoms with Crippen molar-refractivity contribution in [3.8, 4) is 0 Å². The van der Waals surface area contributed by atoms with Gasteiger partial charge in [-0.25, -0.2) is 0 Å². The van der Waals surface area contributed by atoms with Crippen molar-refractivity contribution in [3.63, 3.8) is 0 Å². The van der Waals surface area contributed by atoms with Gasteiger partial charge in [0.25, 0.3) is 5.56 Å². The summed E-state index contributed by atoms with van der Waals surface area (Å²) in [6, 6.07) is 13.0. The SMILES string of the molecule is O=C(CCn1ccccc1=O)NCC1(c2cccc(Cl)c2)CCCC1. The van der Waals surface area contributed by atoms with E-state index in [0.29, 0.717) is 19.5 Å². The highest BCUT2D eigenvalue weighted by Gasteiger charge is 2.35. The molecule has 1 saturated carbocycles. The van der Waals surface area contributed by atoms with Crippen molar-refractivity contribution in [1.29, 1.82) is 0 Å². The predicted molar refractivity (Wildman–Crippen MR) is 99.9 cm³/mol. The maximum atomic E-state index is 12.3. The number of benzene rings is 1. The van der Waals surface area contributed by atoms with Crippen molar-refractivity contribution in [1.82, 2.24) is 9.88 Å². The Morgan fingerprint density at radius 1 is 1.16 bits per heavy atom. The molecule has 1 aromatic carbocycles. The third-order valence-electron chi connectivity index (χ3n) is 5.10. The molecule has 1 N–H and O–H groups in total. The summed E-state index contributed by atoms with van der Waals surface area (Å²) in [5, 5.41) is 3.81. The summed E-state index contributed by atoms with van der Waals surface area (Å²) in [5.41, 5.74) is 1.10. The van der Waals surface area contributed by atoms with Crippen LogP contribution < -0.4 is 10.9 Å². The fraction of sp³-hybridized carbons (Fsp3) is 0.400. The number of hydrogen-bond donors (Lipinski definition) is 1. The van der Waals surface area contributed by atoms with Gasteiger partial charge in [0, 0.05) is 42.2 Å². The zero-order valence-electron chi connectivity index (χ0n) is 14.2. The van der Waals surface area contributed by atoms with Gasteiger partial charge in [0.2, 0.25) is 5.91 Å². The molecule has 5 heteroatoms. The molecule has 0 spiro atoms. The van der Waals surface area contributed by atoms with Gasteiger partial charge in [-0.1, -0.05) is 42.6 Å². The average molecular weight is 359 g/mol. The van der Waals surface area contributed by atoms with Crippen LogP contribution >= 0.6 is 11.6 Å². The Kier molecular flexibility index (Phi) is 5.59. The van der Waals surface area contributed by atoms with Crippen molar-refractivity contribution in [2.24, 2.45) is 0 Å². The second kappa shape index (κ2) is 7.87. The fourth-order valence-electron chi connectivity index (χ4n) is 3.66. The molecule has 1 heterocycles. The first kappa shape index (κ1) is 17.7. The molecule has 0 bridgehead atoms. The lowest BCUT2D eigenvalue weighted by atomic mass is 9.79. The lowest BCUT2D eigenvalue weighted by Gasteiger charge is -2.30. The Labute approximate surface area is 152 Å². The molecular formula is C20H23ClN2O2. The largest absolute Gasteiger partial charge is 0.355 e. The summed E-state index contributed by atoms with van der Waals surface area (Å²) >= 11 is 6.16. The van der Waals surface area contributed by atoms with E-state index in [4.69, 9.17) is 11.6 Å². The highest BCUT2D eigenvalue weighted by molar-refractivity contribution is 6.30. The van der Waals surface area contributed by atoms with Gasteiger partial charge in [-0.2, -0.15) is 0 Å². The molecule has 2 aromatic rings. The molecule has 0 radical (unpaired) electrons. The molecule has 0 atom stereocenters. The van der Waals surface area contributed by atoms with Gasteiger partial charge in [-0.15, -0.1) is 0 Å². The van der Waals surface area contributed by atoms with E-state index in [1.165, 1.54) is 24.5 Å². The highest BCUT2D eigenvalue weighted by atomic mass is 35.5. The summed E-state index contributed by atoms with van der Waals surface area (Å²) in [5.74, 6) is -0.0240. The molecule has 0 unspecified atom stereocenters. The van der Waals surface area contributed by atoms with Crippen LogP contribution in [0.3, 0.4) is 0 Å². The van der Waals surface area contributed by atoms with Crippen molar-refractivity contribution >= 4 is 17.5 Å². The number of amides is 1. The molecule has 1 aliphatic carbocycles. The molecule has 0 aliphatic heterocycles. The maximum Gasteiger partial charge on any atom is 0.250 e. The Morgan fingerprint density at radius 3 is 2.68 bits per heavy atom. The van der Waals surface area contributed by atoms with Gasteiger partial charge in [0.05, 0.1) is 0 Å². The van der Waals surface area contributed by atoms with Gasteiger partial charge >= 0.3 is 0 Å². The highest BCUT2D eigenvalue weighted by Crippen LogP contribution is 2.41. The first-order valence-electron chi connectivity index (χ1n) is 8.77. The number of aromatic nitrogens is 1. The Balaban J connectivity index is 1.61. The standard InChI is InChI=1S/C20H23ClN2O2/c21-17-7-5-6-16(14-17)20(10-2-3-11-20)15-22-18(24)9-13-23-12-4-1-8-19(23)25/h1,4-8,12,14H,2-3,9-11,13,15H2,(H,22,24). The van der Waals surface area contributed by atoms with Crippen LogP contribution in [-0.2, 0) is 16.8 Å². The summed E-state index contributed by atoms with van der Waals surface area (Å²) < 4.78 is 1.56. The van der Waals surface area contributed by atoms with Crippen LogP contribution in [0.15, 0.2) is 53.5 Å². The van der Waals surface area contributed by atoms with Gasteiger partial charge in [-0.05, 0) is 36.6 Å². The number of halogens is 1. The van der Waals surface area contributed by atoms with Gasteiger partial charge < -0.3 is 9.88 Å². The van der Waals surface area contributed by atoms with Crippen LogP contribution in [0.1, 0.15) is 37.7 Å². The summed E-state index contributed by atoms with van der Waals surface area (Å²) in [6.45, 7) is 1.02. The van der Waals surface area contributed by atoms with E-state index >= 15 is 0 Å². The molecule has 25 heavy (non-hydrogen) atoms. The lowest BCUT2D eigenvalue weighted by Crippen LogP contribution is -2.39. The monoisotopic (exact) mass is 358 g/mol. The minimum atomic E-state index is -0.0820. The number of nitrogens with zero attached hydrogens (tertiary/aromatic N) is 1. The lowest BCUT2D eigenvalue weighted by molar-refractivity contribution is -0.121. The van der Waals surface area contributed by atoms with Crippen LogP contribution in [0.25, 0.3) is 0 Å². The zero-order chi connectivity index (χ0) is 17.7. The number of pyridine rings is 1. The minimum absolute atomic E-state index is 0.0237. The molecule has 0 saturated heterocycles. The number of nitrogens with one attached hydrogen (secondary N) is 1. The number of carbonyl (C=O) groups excluding carboxylic acids is 1. The number of rotatable bonds is 6. The molecule has 1 aliphatic rings. The topological polar surface area (TPSA) is 51.1 Å². The Hall–Kier alpha value is -2.07.